The van der Waals surface area contributed by atoms with Crippen molar-refractivity contribution in [3.8, 4) is 17.1 Å². The normalized spacial score (nSPS) is 10.1. The Bertz CT molecular complexity index is 689. The Kier molecular flexibility index (Phi) is 5.87. The van der Waals surface area contributed by atoms with E-state index in [0.717, 1.165) is 17.1 Å². The molecular weight excluding hydrogens is 320 g/mol. The van der Waals surface area contributed by atoms with E-state index in [1.807, 2.05) is 18.2 Å². The lowest BCUT2D eigenvalue weighted by molar-refractivity contribution is -0.137. The summed E-state index contributed by atoms with van der Waals surface area (Å²) < 4.78 is 9.34. The molecule has 0 unspecified atom stereocenters. The summed E-state index contributed by atoms with van der Waals surface area (Å²) in [4.78, 5) is 26.3. The fraction of sp³-hybridized carbons (Fsp3) is 0.286. The Morgan fingerprint density at radius 3 is 2.96 bits per heavy atom. The summed E-state index contributed by atoms with van der Waals surface area (Å²) in [6, 6.07) is 6.86. The summed E-state index contributed by atoms with van der Waals surface area (Å²) in [5.74, 6) is 0.303. The van der Waals surface area contributed by atoms with Crippen LogP contribution in [0.2, 0.25) is 0 Å². The molecule has 0 fully saturated rings. The van der Waals surface area contributed by atoms with E-state index in [0.29, 0.717) is 23.1 Å². The average molecular weight is 336 g/mol. The zero-order valence-electron chi connectivity index (χ0n) is 12.4. The van der Waals surface area contributed by atoms with E-state index >= 15 is 0 Å². The Hall–Kier alpha value is -2.68. The van der Waals surface area contributed by atoms with Crippen LogP contribution < -0.4 is 15.4 Å². The summed E-state index contributed by atoms with van der Waals surface area (Å²) in [7, 11) is 1.58. The molecule has 9 heteroatoms. The minimum absolute atomic E-state index is 0.0130. The van der Waals surface area contributed by atoms with Crippen molar-refractivity contribution in [2.45, 2.75) is 12.8 Å². The van der Waals surface area contributed by atoms with Crippen molar-refractivity contribution in [2.24, 2.45) is 0 Å². The van der Waals surface area contributed by atoms with E-state index in [-0.39, 0.29) is 13.0 Å². The SMILES string of the molecule is COc1cccc(-c2nsc(NC(=O)NCCCC(=O)O)n2)c1. The second-order valence-electron chi connectivity index (χ2n) is 4.53. The zero-order chi connectivity index (χ0) is 16.7. The van der Waals surface area contributed by atoms with E-state index in [9.17, 15) is 9.59 Å². The van der Waals surface area contributed by atoms with Crippen LogP contribution in [-0.4, -0.2) is 40.1 Å². The lowest BCUT2D eigenvalue weighted by Gasteiger charge is -2.03. The fourth-order valence-electron chi connectivity index (χ4n) is 1.74. The van der Waals surface area contributed by atoms with Gasteiger partial charge in [-0.2, -0.15) is 9.36 Å². The quantitative estimate of drug-likeness (QED) is 0.668. The first-order chi connectivity index (χ1) is 11.1. The number of ether oxygens (including phenoxy) is 1. The first kappa shape index (κ1) is 16.7. The third-order valence-electron chi connectivity index (χ3n) is 2.83. The summed E-state index contributed by atoms with van der Waals surface area (Å²) in [6.45, 7) is 0.277. The van der Waals surface area contributed by atoms with Crippen LogP contribution >= 0.6 is 11.5 Å². The van der Waals surface area contributed by atoms with E-state index in [4.69, 9.17) is 9.84 Å². The third-order valence-corrected chi connectivity index (χ3v) is 3.46. The van der Waals surface area contributed by atoms with Crippen LogP contribution in [0.4, 0.5) is 9.93 Å². The van der Waals surface area contributed by atoms with Gasteiger partial charge < -0.3 is 15.2 Å². The first-order valence-corrected chi connectivity index (χ1v) is 7.60. The maximum absolute atomic E-state index is 11.7. The molecule has 3 N–H and O–H groups in total. The number of nitrogens with one attached hydrogen (secondary N) is 2. The molecule has 23 heavy (non-hydrogen) atoms. The van der Waals surface area contributed by atoms with Gasteiger partial charge in [-0.3, -0.25) is 10.1 Å². The number of carbonyl (C=O) groups excluding carboxylic acids is 1. The number of urea groups is 1. The number of methoxy groups -OCH3 is 1. The number of carboxylic acids is 1. The van der Waals surface area contributed by atoms with Gasteiger partial charge >= 0.3 is 12.0 Å². The van der Waals surface area contributed by atoms with Gasteiger partial charge in [0.15, 0.2) is 5.82 Å². The van der Waals surface area contributed by atoms with Crippen molar-refractivity contribution in [3.63, 3.8) is 0 Å². The molecule has 0 aliphatic carbocycles. The molecule has 0 aliphatic rings. The van der Waals surface area contributed by atoms with Crippen LogP contribution in [0, 0.1) is 0 Å². The molecule has 122 valence electrons. The lowest BCUT2D eigenvalue weighted by atomic mass is 10.2. The van der Waals surface area contributed by atoms with Gasteiger partial charge in [0.2, 0.25) is 5.13 Å². The first-order valence-electron chi connectivity index (χ1n) is 6.83. The predicted molar refractivity (Wildman–Crippen MR) is 85.8 cm³/mol. The monoisotopic (exact) mass is 336 g/mol. The lowest BCUT2D eigenvalue weighted by Crippen LogP contribution is -2.29. The van der Waals surface area contributed by atoms with Crippen LogP contribution in [0.3, 0.4) is 0 Å². The number of nitrogens with zero attached hydrogens (tertiary/aromatic N) is 2. The predicted octanol–water partition coefficient (Wildman–Crippen LogP) is 2.20. The molecule has 0 radical (unpaired) electrons. The molecule has 1 aromatic heterocycles. The van der Waals surface area contributed by atoms with Crippen molar-refractivity contribution in [1.29, 1.82) is 0 Å². The molecule has 2 amide bonds. The fourth-order valence-corrected chi connectivity index (χ4v) is 2.32. The van der Waals surface area contributed by atoms with Crippen molar-refractivity contribution < 1.29 is 19.4 Å². The molecule has 0 saturated heterocycles. The summed E-state index contributed by atoms with van der Waals surface area (Å²) in [6.07, 6.45) is 0.382. The van der Waals surface area contributed by atoms with Crippen LogP contribution in [0.5, 0.6) is 5.75 Å². The number of anilines is 1. The van der Waals surface area contributed by atoms with Crippen LogP contribution in [0.15, 0.2) is 24.3 Å². The summed E-state index contributed by atoms with van der Waals surface area (Å²) in [5, 5.41) is 14.0. The minimum atomic E-state index is -0.890. The number of aliphatic carboxylic acids is 1. The van der Waals surface area contributed by atoms with E-state index < -0.39 is 12.0 Å². The van der Waals surface area contributed by atoms with Crippen LogP contribution in [-0.2, 0) is 4.79 Å². The highest BCUT2D eigenvalue weighted by Gasteiger charge is 2.10. The van der Waals surface area contributed by atoms with Gasteiger partial charge in [0.25, 0.3) is 0 Å². The topological polar surface area (TPSA) is 113 Å². The number of benzene rings is 1. The smallest absolute Gasteiger partial charge is 0.321 e. The van der Waals surface area contributed by atoms with Crippen LogP contribution in [0.1, 0.15) is 12.8 Å². The number of carbonyl (C=O) groups is 2. The van der Waals surface area contributed by atoms with E-state index in [1.54, 1.807) is 13.2 Å². The molecule has 1 aromatic carbocycles. The number of hydrogen-bond donors (Lipinski definition) is 3. The highest BCUT2D eigenvalue weighted by Crippen LogP contribution is 2.24. The van der Waals surface area contributed by atoms with Crippen molar-refractivity contribution in [1.82, 2.24) is 14.7 Å². The van der Waals surface area contributed by atoms with Crippen molar-refractivity contribution in [3.05, 3.63) is 24.3 Å². The molecule has 0 aliphatic heterocycles. The molecule has 2 rings (SSSR count). The number of hydrogen-bond acceptors (Lipinski definition) is 6. The molecule has 0 bridgehead atoms. The number of amides is 2. The number of rotatable bonds is 7. The second-order valence-corrected chi connectivity index (χ2v) is 5.29. The molecule has 0 saturated carbocycles. The molecule has 1 heterocycles. The maximum atomic E-state index is 11.7. The Balaban J connectivity index is 1.89. The van der Waals surface area contributed by atoms with Crippen LogP contribution in [0.25, 0.3) is 11.4 Å². The number of carboxylic acid groups (broad SMARTS) is 1. The molecule has 0 atom stereocenters. The molecular formula is C14H16N4O4S. The Labute approximate surface area is 136 Å². The molecule has 8 nitrogen and oxygen atoms in total. The maximum Gasteiger partial charge on any atom is 0.321 e. The minimum Gasteiger partial charge on any atom is -0.497 e. The third kappa shape index (κ3) is 5.22. The molecule has 0 spiro atoms. The zero-order valence-corrected chi connectivity index (χ0v) is 13.2. The van der Waals surface area contributed by atoms with Gasteiger partial charge in [-0.1, -0.05) is 12.1 Å². The van der Waals surface area contributed by atoms with Gasteiger partial charge in [0.1, 0.15) is 5.75 Å². The highest BCUT2D eigenvalue weighted by molar-refractivity contribution is 7.10. The number of aromatic nitrogens is 2. The molecule has 2 aromatic rings. The van der Waals surface area contributed by atoms with Crippen molar-refractivity contribution in [2.75, 3.05) is 19.0 Å². The van der Waals surface area contributed by atoms with Gasteiger partial charge in [-0.05, 0) is 18.6 Å². The largest absolute Gasteiger partial charge is 0.497 e. The Morgan fingerprint density at radius 1 is 1.39 bits per heavy atom. The van der Waals surface area contributed by atoms with Crippen molar-refractivity contribution >= 4 is 28.7 Å². The Morgan fingerprint density at radius 2 is 2.22 bits per heavy atom. The summed E-state index contributed by atoms with van der Waals surface area (Å²) >= 11 is 1.06. The average Bonchev–Trinajstić information content (AvgIpc) is 3.00. The van der Waals surface area contributed by atoms with Gasteiger partial charge in [0, 0.05) is 30.1 Å². The van der Waals surface area contributed by atoms with Gasteiger partial charge in [-0.15, -0.1) is 0 Å². The van der Waals surface area contributed by atoms with E-state index in [1.165, 1.54) is 0 Å². The second kappa shape index (κ2) is 8.08. The van der Waals surface area contributed by atoms with Gasteiger partial charge in [-0.25, -0.2) is 4.79 Å². The highest BCUT2D eigenvalue weighted by atomic mass is 32.1. The standard InChI is InChI=1S/C14H16N4O4S/c1-22-10-5-2-4-9(8-10)12-16-14(23-18-12)17-13(21)15-7-3-6-11(19)20/h2,4-5,8H,3,6-7H2,1H3,(H,19,20)(H2,15,16,17,18,21). The van der Waals surface area contributed by atoms with E-state index in [2.05, 4.69) is 20.0 Å². The van der Waals surface area contributed by atoms with Gasteiger partial charge in [0.05, 0.1) is 7.11 Å². The summed E-state index contributed by atoms with van der Waals surface area (Å²) in [5.41, 5.74) is 0.788.